The zero-order valence-corrected chi connectivity index (χ0v) is 27.0. The average Bonchev–Trinajstić information content (AvgIpc) is 3.77. The number of fused-ring (bicyclic) bond motifs is 6. The molecule has 0 radical (unpaired) electrons. The molecule has 0 bridgehead atoms. The lowest BCUT2D eigenvalue weighted by Crippen LogP contribution is -2.01. The van der Waals surface area contributed by atoms with Gasteiger partial charge in [0.25, 0.3) is 0 Å². The van der Waals surface area contributed by atoms with Crippen LogP contribution in [0.15, 0.2) is 167 Å². The summed E-state index contributed by atoms with van der Waals surface area (Å²) in [6.45, 7) is 0. The molecule has 51 heavy (non-hydrogen) atoms. The molecular weight excluding hydrogens is 634 g/mol. The summed E-state index contributed by atoms with van der Waals surface area (Å²) >= 11 is 0. The molecule has 10 aromatic rings. The van der Waals surface area contributed by atoms with Crippen LogP contribution in [-0.4, -0.2) is 15.0 Å². The smallest absolute Gasteiger partial charge is 0.167 e. The zero-order valence-electron chi connectivity index (χ0n) is 27.0. The van der Waals surface area contributed by atoms with Crippen molar-refractivity contribution in [3.8, 4) is 56.4 Å². The molecule has 0 fully saturated rings. The van der Waals surface area contributed by atoms with Crippen LogP contribution in [0.3, 0.4) is 0 Å². The molecule has 0 aliphatic rings. The van der Waals surface area contributed by atoms with Gasteiger partial charge in [-0.1, -0.05) is 115 Å². The summed E-state index contributed by atoms with van der Waals surface area (Å²) in [4.78, 5) is 15.2. The molecule has 0 amide bonds. The van der Waals surface area contributed by atoms with Gasteiger partial charge in [-0.15, -0.1) is 0 Å². The molecule has 3 aromatic heterocycles. The number of furan rings is 2. The maximum atomic E-state index is 16.5. The second-order valence-corrected chi connectivity index (χ2v) is 12.5. The molecule has 0 N–H and O–H groups in total. The van der Waals surface area contributed by atoms with E-state index >= 15 is 4.39 Å². The predicted molar refractivity (Wildman–Crippen MR) is 202 cm³/mol. The summed E-state index contributed by atoms with van der Waals surface area (Å²) in [6.07, 6.45) is 0. The van der Waals surface area contributed by atoms with Crippen LogP contribution in [0, 0.1) is 5.82 Å². The average molecular weight is 660 g/mol. The minimum absolute atomic E-state index is 0.312. The van der Waals surface area contributed by atoms with Crippen LogP contribution in [0.25, 0.3) is 100 Å². The number of rotatable bonds is 5. The van der Waals surface area contributed by atoms with Gasteiger partial charge in [0.05, 0.1) is 5.56 Å². The Morgan fingerprint density at radius 1 is 0.353 bits per heavy atom. The standard InChI is InChI=1S/C45H26FN3O2/c46-41-36(27-12-3-1-4-13-27)24-30(25-37(41)28-14-5-2-6-15-28)44-47-43(29-22-23-33-31-16-7-9-20-38(31)50-40(33)26-29)48-45(49-44)35-19-11-18-34-32-17-8-10-21-39(32)51-42(34)35/h1-26H. The number of nitrogens with zero attached hydrogens (tertiary/aromatic N) is 3. The highest BCUT2D eigenvalue weighted by molar-refractivity contribution is 6.09. The van der Waals surface area contributed by atoms with Gasteiger partial charge in [-0.2, -0.15) is 0 Å². The second kappa shape index (κ2) is 11.6. The Hall–Kier alpha value is -6.92. The Morgan fingerprint density at radius 3 is 1.57 bits per heavy atom. The minimum atomic E-state index is -0.312. The predicted octanol–water partition coefficient (Wildman–Crippen LogP) is 12.1. The van der Waals surface area contributed by atoms with Crippen LogP contribution < -0.4 is 0 Å². The molecule has 7 aromatic carbocycles. The van der Waals surface area contributed by atoms with Gasteiger partial charge >= 0.3 is 0 Å². The molecule has 3 heterocycles. The lowest BCUT2D eigenvalue weighted by atomic mass is 9.94. The van der Waals surface area contributed by atoms with E-state index in [1.165, 1.54) is 0 Å². The number of hydrogen-bond donors (Lipinski definition) is 0. The molecule has 0 atom stereocenters. The van der Waals surface area contributed by atoms with Crippen LogP contribution >= 0.6 is 0 Å². The quantitative estimate of drug-likeness (QED) is 0.184. The SMILES string of the molecule is Fc1c(-c2ccccc2)cc(-c2nc(-c3ccc4c(c3)oc3ccccc34)nc(-c3cccc4c3oc3ccccc34)n2)cc1-c1ccccc1. The fourth-order valence-corrected chi connectivity index (χ4v) is 6.95. The van der Waals surface area contributed by atoms with Crippen molar-refractivity contribution in [1.29, 1.82) is 0 Å². The highest BCUT2D eigenvalue weighted by Crippen LogP contribution is 2.39. The van der Waals surface area contributed by atoms with Gasteiger partial charge in [-0.3, -0.25) is 0 Å². The van der Waals surface area contributed by atoms with E-state index in [1.807, 2.05) is 152 Å². The third-order valence-electron chi connectivity index (χ3n) is 9.42. The molecule has 0 saturated heterocycles. The lowest BCUT2D eigenvalue weighted by Gasteiger charge is -2.14. The summed E-state index contributed by atoms with van der Waals surface area (Å²) in [6, 6.07) is 50.7. The molecular formula is C45H26FN3O2. The van der Waals surface area contributed by atoms with Crippen molar-refractivity contribution in [1.82, 2.24) is 15.0 Å². The Kier molecular flexibility index (Phi) is 6.61. The molecule has 0 saturated carbocycles. The third-order valence-corrected chi connectivity index (χ3v) is 9.42. The molecule has 10 rings (SSSR count). The maximum Gasteiger partial charge on any atom is 0.167 e. The third kappa shape index (κ3) is 4.88. The largest absolute Gasteiger partial charge is 0.456 e. The molecule has 0 spiro atoms. The monoisotopic (exact) mass is 659 g/mol. The van der Waals surface area contributed by atoms with Crippen LogP contribution in [-0.2, 0) is 0 Å². The normalized spacial score (nSPS) is 11.6. The van der Waals surface area contributed by atoms with Crippen LogP contribution in [0.5, 0.6) is 0 Å². The van der Waals surface area contributed by atoms with E-state index < -0.39 is 0 Å². The van der Waals surface area contributed by atoms with Crippen molar-refractivity contribution >= 4 is 43.9 Å². The summed E-state index contributed by atoms with van der Waals surface area (Å²) in [7, 11) is 0. The Labute approximate surface area is 291 Å². The maximum absolute atomic E-state index is 16.5. The summed E-state index contributed by atoms with van der Waals surface area (Å²) in [5.41, 5.74) is 7.58. The Morgan fingerprint density at radius 2 is 0.882 bits per heavy atom. The lowest BCUT2D eigenvalue weighted by molar-refractivity contribution is 0.635. The molecule has 0 aliphatic carbocycles. The Balaban J connectivity index is 1.24. The van der Waals surface area contributed by atoms with Gasteiger partial charge in [0, 0.05) is 43.8 Å². The first-order valence-electron chi connectivity index (χ1n) is 16.7. The number of hydrogen-bond acceptors (Lipinski definition) is 5. The molecule has 5 nitrogen and oxygen atoms in total. The van der Waals surface area contributed by atoms with Crippen molar-refractivity contribution in [3.63, 3.8) is 0 Å². The van der Waals surface area contributed by atoms with Crippen molar-refractivity contribution in [3.05, 3.63) is 164 Å². The van der Waals surface area contributed by atoms with Gasteiger partial charge in [-0.05, 0) is 53.6 Å². The molecule has 0 unspecified atom stereocenters. The number of halogens is 1. The fourth-order valence-electron chi connectivity index (χ4n) is 6.95. The topological polar surface area (TPSA) is 65.0 Å². The number of benzene rings is 7. The van der Waals surface area contributed by atoms with E-state index in [0.717, 1.165) is 60.5 Å². The van der Waals surface area contributed by atoms with Gasteiger partial charge in [0.1, 0.15) is 28.1 Å². The number of aromatic nitrogens is 3. The van der Waals surface area contributed by atoms with Crippen molar-refractivity contribution in [2.45, 2.75) is 0 Å². The van der Waals surface area contributed by atoms with Gasteiger partial charge in [0.2, 0.25) is 0 Å². The summed E-state index contributed by atoms with van der Waals surface area (Å²) in [5, 5.41) is 4.03. The van der Waals surface area contributed by atoms with Crippen molar-refractivity contribution in [2.75, 3.05) is 0 Å². The number of para-hydroxylation sites is 3. The fraction of sp³-hybridized carbons (Fsp3) is 0. The van der Waals surface area contributed by atoms with Crippen LogP contribution in [0.2, 0.25) is 0 Å². The van der Waals surface area contributed by atoms with Gasteiger partial charge < -0.3 is 8.83 Å². The molecule has 240 valence electrons. The minimum Gasteiger partial charge on any atom is -0.456 e. The van der Waals surface area contributed by atoms with E-state index in [-0.39, 0.29) is 5.82 Å². The Bertz CT molecular complexity index is 2870. The highest BCUT2D eigenvalue weighted by Gasteiger charge is 2.21. The van der Waals surface area contributed by atoms with Crippen molar-refractivity contribution < 1.29 is 13.2 Å². The van der Waals surface area contributed by atoms with Crippen LogP contribution in [0.1, 0.15) is 0 Å². The van der Waals surface area contributed by atoms with Gasteiger partial charge in [-0.25, -0.2) is 19.3 Å². The molecule has 0 aliphatic heterocycles. The second-order valence-electron chi connectivity index (χ2n) is 12.5. The first kappa shape index (κ1) is 29.0. The molecule has 6 heteroatoms. The summed E-state index contributed by atoms with van der Waals surface area (Å²) in [5.74, 6) is 0.990. The van der Waals surface area contributed by atoms with E-state index in [0.29, 0.717) is 39.7 Å². The summed E-state index contributed by atoms with van der Waals surface area (Å²) < 4.78 is 29.1. The first-order valence-corrected chi connectivity index (χ1v) is 16.7. The highest BCUT2D eigenvalue weighted by atomic mass is 19.1. The van der Waals surface area contributed by atoms with Gasteiger partial charge in [0.15, 0.2) is 17.5 Å². The van der Waals surface area contributed by atoms with E-state index in [2.05, 4.69) is 6.07 Å². The van der Waals surface area contributed by atoms with E-state index in [1.54, 1.807) is 0 Å². The zero-order chi connectivity index (χ0) is 33.9. The first-order chi connectivity index (χ1) is 25.2. The van der Waals surface area contributed by atoms with E-state index in [9.17, 15) is 0 Å². The van der Waals surface area contributed by atoms with Crippen molar-refractivity contribution in [2.24, 2.45) is 0 Å². The van der Waals surface area contributed by atoms with E-state index in [4.69, 9.17) is 23.8 Å². The van der Waals surface area contributed by atoms with Crippen LogP contribution in [0.4, 0.5) is 4.39 Å².